The van der Waals surface area contributed by atoms with Crippen molar-refractivity contribution in [3.63, 3.8) is 0 Å². The minimum atomic E-state index is -3.29. The van der Waals surface area contributed by atoms with E-state index in [2.05, 4.69) is 30.3 Å². The number of hydrogen-bond acceptors (Lipinski definition) is 2. The maximum atomic E-state index is 14.3. The van der Waals surface area contributed by atoms with E-state index in [9.17, 15) is 13.2 Å². The van der Waals surface area contributed by atoms with Crippen LogP contribution in [0.2, 0.25) is 0 Å². The van der Waals surface area contributed by atoms with Crippen LogP contribution in [0.25, 0.3) is 11.4 Å². The third kappa shape index (κ3) is 5.14. The Kier molecular flexibility index (Phi) is 6.24. The minimum Gasteiger partial charge on any atom is -0.360 e. The highest BCUT2D eigenvalue weighted by Gasteiger charge is 2.32. The summed E-state index contributed by atoms with van der Waals surface area (Å²) in [6.07, 6.45) is 8.23. The Balaban J connectivity index is 2.34. The summed E-state index contributed by atoms with van der Waals surface area (Å²) < 4.78 is 49.4. The highest BCUT2D eigenvalue weighted by atomic mass is 32.3. The average Bonchev–Trinajstić information content (AvgIpc) is 2.95. The van der Waals surface area contributed by atoms with Crippen molar-refractivity contribution in [2.45, 2.75) is 19.6 Å². The van der Waals surface area contributed by atoms with Gasteiger partial charge < -0.3 is 9.30 Å². The van der Waals surface area contributed by atoms with Gasteiger partial charge in [-0.05, 0) is 49.5 Å². The van der Waals surface area contributed by atoms with Gasteiger partial charge in [-0.25, -0.2) is 19.4 Å². The summed E-state index contributed by atoms with van der Waals surface area (Å²) in [4.78, 5) is 3.97. The van der Waals surface area contributed by atoms with E-state index in [4.69, 9.17) is 4.74 Å². The molecule has 3 nitrogen and oxygen atoms in total. The zero-order valence-corrected chi connectivity index (χ0v) is 16.4. The van der Waals surface area contributed by atoms with Crippen LogP contribution in [0.4, 0.5) is 13.2 Å². The van der Waals surface area contributed by atoms with Crippen LogP contribution >= 0.6 is 10.0 Å². The first-order chi connectivity index (χ1) is 12.0. The fourth-order valence-electron chi connectivity index (χ4n) is 2.27. The number of aryl methyl sites for hydroxylation is 1. The number of halogens is 3. The van der Waals surface area contributed by atoms with Gasteiger partial charge in [-0.2, -0.15) is 8.78 Å². The fraction of sp³-hybridized carbons (Fsp3) is 0.421. The third-order valence-electron chi connectivity index (χ3n) is 3.81. The van der Waals surface area contributed by atoms with Gasteiger partial charge >= 0.3 is 5.92 Å². The van der Waals surface area contributed by atoms with Crippen molar-refractivity contribution in [1.29, 1.82) is 0 Å². The second-order valence-corrected chi connectivity index (χ2v) is 11.7. The van der Waals surface area contributed by atoms with Crippen LogP contribution in [0.3, 0.4) is 0 Å². The summed E-state index contributed by atoms with van der Waals surface area (Å²) in [6, 6.07) is 4.61. The van der Waals surface area contributed by atoms with E-state index in [-0.39, 0.29) is 18.1 Å². The van der Waals surface area contributed by atoms with Crippen molar-refractivity contribution in [3.05, 3.63) is 54.1 Å². The second-order valence-electron chi connectivity index (χ2n) is 7.06. The SMILES string of the molecule is C=CC(F)(F)c1cn(COCCS(C)(C)C)c(-c2ccc(C)cc2F)n1. The van der Waals surface area contributed by atoms with Gasteiger partial charge in [0.2, 0.25) is 0 Å². The lowest BCUT2D eigenvalue weighted by atomic mass is 10.1. The molecule has 1 aromatic heterocycles. The Hall–Kier alpha value is -1.73. The van der Waals surface area contributed by atoms with Crippen LogP contribution in [0.1, 0.15) is 11.3 Å². The monoisotopic (exact) mass is 386 g/mol. The first kappa shape index (κ1) is 20.6. The summed E-state index contributed by atoms with van der Waals surface area (Å²) in [5, 5.41) is 0. The summed E-state index contributed by atoms with van der Waals surface area (Å²) in [7, 11) is -0.717. The van der Waals surface area contributed by atoms with Gasteiger partial charge in [0.15, 0.2) is 0 Å². The van der Waals surface area contributed by atoms with Gasteiger partial charge in [-0.15, -0.1) is 0 Å². The molecule has 0 fully saturated rings. The largest absolute Gasteiger partial charge is 0.360 e. The van der Waals surface area contributed by atoms with E-state index in [1.807, 2.05) is 0 Å². The van der Waals surface area contributed by atoms with Crippen LogP contribution in [0.5, 0.6) is 0 Å². The first-order valence-electron chi connectivity index (χ1n) is 8.13. The lowest BCUT2D eigenvalue weighted by molar-refractivity contribution is 0.0473. The van der Waals surface area contributed by atoms with Crippen molar-refractivity contribution in [2.75, 3.05) is 31.1 Å². The van der Waals surface area contributed by atoms with E-state index >= 15 is 0 Å². The molecule has 1 heterocycles. The van der Waals surface area contributed by atoms with Gasteiger partial charge in [-0.1, -0.05) is 12.6 Å². The number of hydrogen-bond donors (Lipinski definition) is 0. The van der Waals surface area contributed by atoms with Gasteiger partial charge in [0.1, 0.15) is 24.1 Å². The van der Waals surface area contributed by atoms with Crippen LogP contribution < -0.4 is 0 Å². The number of ether oxygens (including phenoxy) is 1. The predicted molar refractivity (Wildman–Crippen MR) is 103 cm³/mol. The molecular formula is C19H25F3N2OS. The Labute approximate surface area is 154 Å². The smallest absolute Gasteiger partial charge is 0.309 e. The highest BCUT2D eigenvalue weighted by molar-refractivity contribution is 8.32. The second kappa shape index (κ2) is 7.88. The Morgan fingerprint density at radius 2 is 2.00 bits per heavy atom. The number of imidazole rings is 1. The average molecular weight is 386 g/mol. The molecule has 0 aliphatic rings. The molecule has 2 aromatic rings. The van der Waals surface area contributed by atoms with Crippen molar-refractivity contribution >= 4 is 10.0 Å². The van der Waals surface area contributed by atoms with Crippen LogP contribution in [0, 0.1) is 12.7 Å². The minimum absolute atomic E-state index is 0.0262. The molecule has 0 N–H and O–H groups in total. The van der Waals surface area contributed by atoms with Crippen molar-refractivity contribution in [1.82, 2.24) is 9.55 Å². The maximum absolute atomic E-state index is 14.3. The van der Waals surface area contributed by atoms with Gasteiger partial charge in [0.05, 0.1) is 12.2 Å². The molecule has 0 atom stereocenters. The zero-order valence-electron chi connectivity index (χ0n) is 15.6. The molecule has 0 saturated carbocycles. The number of aromatic nitrogens is 2. The number of allylic oxidation sites excluding steroid dienone is 1. The van der Waals surface area contributed by atoms with Crippen molar-refractivity contribution in [3.8, 4) is 11.4 Å². The normalized spacial score (nSPS) is 13.0. The molecule has 0 spiro atoms. The van der Waals surface area contributed by atoms with E-state index < -0.39 is 27.5 Å². The zero-order chi connectivity index (χ0) is 19.5. The topological polar surface area (TPSA) is 27.1 Å². The molecular weight excluding hydrogens is 361 g/mol. The van der Waals surface area contributed by atoms with Gasteiger partial charge in [-0.3, -0.25) is 0 Å². The molecule has 0 saturated heterocycles. The predicted octanol–water partition coefficient (Wildman–Crippen LogP) is 4.94. The molecule has 1 aromatic carbocycles. The van der Waals surface area contributed by atoms with Crippen LogP contribution in [-0.2, 0) is 17.4 Å². The number of alkyl halides is 2. The fourth-order valence-corrected chi connectivity index (χ4v) is 2.89. The van der Waals surface area contributed by atoms with E-state index in [1.54, 1.807) is 19.1 Å². The Bertz CT molecular complexity index is 782. The number of benzene rings is 1. The van der Waals surface area contributed by atoms with Crippen molar-refractivity contribution in [2.24, 2.45) is 0 Å². The number of rotatable bonds is 8. The molecule has 0 aliphatic heterocycles. The number of nitrogens with zero attached hydrogens (tertiary/aromatic N) is 2. The standard InChI is InChI=1S/C19H25F3N2OS/c1-6-19(21,22)17-12-24(13-25-9-10-26(3,4)5)18(23-17)15-8-7-14(2)11-16(15)20/h6-8,11-12H,1,9-10,13H2,2-5H3. The summed E-state index contributed by atoms with van der Waals surface area (Å²) >= 11 is 0. The molecule has 7 heteroatoms. The molecule has 0 aliphatic carbocycles. The molecule has 0 unspecified atom stereocenters. The molecule has 144 valence electrons. The molecule has 2 rings (SSSR count). The molecule has 0 amide bonds. The van der Waals surface area contributed by atoms with Gasteiger partial charge in [0, 0.05) is 11.9 Å². The quantitative estimate of drug-likeness (QED) is 0.474. The Morgan fingerprint density at radius 3 is 2.58 bits per heavy atom. The van der Waals surface area contributed by atoms with Crippen molar-refractivity contribution < 1.29 is 17.9 Å². The molecule has 26 heavy (non-hydrogen) atoms. The summed E-state index contributed by atoms with van der Waals surface area (Å²) in [5.74, 6) is -2.80. The van der Waals surface area contributed by atoms with Crippen LogP contribution in [0.15, 0.2) is 37.1 Å². The lowest BCUT2D eigenvalue weighted by Gasteiger charge is -2.24. The summed E-state index contributed by atoms with van der Waals surface area (Å²) in [6.45, 7) is 5.43. The first-order valence-corrected chi connectivity index (χ1v) is 11.2. The maximum Gasteiger partial charge on any atom is 0.309 e. The van der Waals surface area contributed by atoms with Gasteiger partial charge in [0.25, 0.3) is 0 Å². The highest BCUT2D eigenvalue weighted by Crippen LogP contribution is 2.34. The van der Waals surface area contributed by atoms with Crippen LogP contribution in [-0.4, -0.2) is 40.7 Å². The molecule has 0 radical (unpaired) electrons. The third-order valence-corrected chi connectivity index (χ3v) is 5.20. The van der Waals surface area contributed by atoms with E-state index in [1.165, 1.54) is 16.8 Å². The summed E-state index contributed by atoms with van der Waals surface area (Å²) in [5.41, 5.74) is 0.421. The lowest BCUT2D eigenvalue weighted by Crippen LogP contribution is -2.11. The van der Waals surface area contributed by atoms with E-state index in [0.29, 0.717) is 12.7 Å². The molecule has 0 bridgehead atoms. The van der Waals surface area contributed by atoms with E-state index in [0.717, 1.165) is 11.3 Å². The Morgan fingerprint density at radius 1 is 1.31 bits per heavy atom.